The topological polar surface area (TPSA) is 21.1 Å². The maximum atomic E-state index is 13.4. The molecule has 2 heterocycles. The van der Waals surface area contributed by atoms with Gasteiger partial charge >= 0.3 is 0 Å². The number of likely N-dealkylation sites (tertiary alicyclic amines) is 1. The monoisotopic (exact) mass is 307 g/mol. The SMILES string of the molecule is CC(Cl)c1nc2cc(F)ccc2n1C1CCN(C2CC2)C1. The molecule has 2 unspecified atom stereocenters. The molecule has 21 heavy (non-hydrogen) atoms. The molecule has 0 radical (unpaired) electrons. The Morgan fingerprint density at radius 2 is 2.10 bits per heavy atom. The van der Waals surface area contributed by atoms with Gasteiger partial charge in [0.2, 0.25) is 0 Å². The second kappa shape index (κ2) is 4.96. The van der Waals surface area contributed by atoms with Crippen LogP contribution in [0.4, 0.5) is 4.39 Å². The van der Waals surface area contributed by atoms with Crippen molar-refractivity contribution in [2.45, 2.75) is 43.6 Å². The third-order valence-electron chi connectivity index (χ3n) is 4.66. The van der Waals surface area contributed by atoms with Crippen molar-refractivity contribution in [2.75, 3.05) is 13.1 Å². The Balaban J connectivity index is 1.76. The number of halogens is 2. The molecule has 1 saturated carbocycles. The van der Waals surface area contributed by atoms with Gasteiger partial charge in [-0.25, -0.2) is 9.37 Å². The molecule has 2 aliphatic rings. The van der Waals surface area contributed by atoms with Crippen LogP contribution in [0.25, 0.3) is 11.0 Å². The molecule has 0 N–H and O–H groups in total. The largest absolute Gasteiger partial charge is 0.322 e. The Hall–Kier alpha value is -1.13. The molecule has 1 aliphatic heterocycles. The van der Waals surface area contributed by atoms with Gasteiger partial charge in [0.15, 0.2) is 0 Å². The van der Waals surface area contributed by atoms with E-state index in [1.807, 2.05) is 13.0 Å². The van der Waals surface area contributed by atoms with Gasteiger partial charge in [-0.3, -0.25) is 4.90 Å². The molecule has 1 aromatic heterocycles. The number of hydrogen-bond donors (Lipinski definition) is 0. The molecule has 1 aliphatic carbocycles. The van der Waals surface area contributed by atoms with E-state index in [4.69, 9.17) is 11.6 Å². The van der Waals surface area contributed by atoms with Gasteiger partial charge in [0.25, 0.3) is 0 Å². The minimum absolute atomic E-state index is 0.171. The summed E-state index contributed by atoms with van der Waals surface area (Å²) in [6.45, 7) is 4.14. The van der Waals surface area contributed by atoms with E-state index in [-0.39, 0.29) is 11.2 Å². The zero-order chi connectivity index (χ0) is 14.6. The van der Waals surface area contributed by atoms with E-state index in [0.717, 1.165) is 36.9 Å². The molecule has 0 amide bonds. The maximum Gasteiger partial charge on any atom is 0.128 e. The van der Waals surface area contributed by atoms with Crippen LogP contribution in [0.3, 0.4) is 0 Å². The van der Waals surface area contributed by atoms with Crippen LogP contribution in [0.2, 0.25) is 0 Å². The summed E-state index contributed by atoms with van der Waals surface area (Å²) in [7, 11) is 0. The van der Waals surface area contributed by atoms with Crippen molar-refractivity contribution in [1.29, 1.82) is 0 Å². The van der Waals surface area contributed by atoms with Crippen LogP contribution < -0.4 is 0 Å². The molecule has 3 nitrogen and oxygen atoms in total. The second-order valence-corrected chi connectivity index (χ2v) is 6.91. The lowest BCUT2D eigenvalue weighted by molar-refractivity contribution is 0.313. The maximum absolute atomic E-state index is 13.4. The molecular formula is C16H19ClFN3. The number of imidazole rings is 1. The first-order chi connectivity index (χ1) is 10.1. The lowest BCUT2D eigenvalue weighted by Gasteiger charge is -2.19. The molecule has 2 atom stereocenters. The predicted molar refractivity (Wildman–Crippen MR) is 82.2 cm³/mol. The number of alkyl halides is 1. The second-order valence-electron chi connectivity index (χ2n) is 6.26. The smallest absolute Gasteiger partial charge is 0.128 e. The van der Waals surface area contributed by atoms with Crippen LogP contribution in [-0.2, 0) is 0 Å². The Bertz CT molecular complexity index is 677. The number of hydrogen-bond acceptors (Lipinski definition) is 2. The Kier molecular flexibility index (Phi) is 3.19. The van der Waals surface area contributed by atoms with E-state index in [1.165, 1.54) is 25.0 Å². The highest BCUT2D eigenvalue weighted by Gasteiger charge is 2.36. The summed E-state index contributed by atoms with van der Waals surface area (Å²) in [6, 6.07) is 6.04. The highest BCUT2D eigenvalue weighted by Crippen LogP contribution is 2.37. The van der Waals surface area contributed by atoms with Gasteiger partial charge in [-0.05, 0) is 38.3 Å². The van der Waals surface area contributed by atoms with E-state index in [2.05, 4.69) is 14.5 Å². The number of fused-ring (bicyclic) bond motifs is 1. The van der Waals surface area contributed by atoms with E-state index in [1.54, 1.807) is 0 Å². The van der Waals surface area contributed by atoms with E-state index in [9.17, 15) is 4.39 Å². The van der Waals surface area contributed by atoms with Crippen molar-refractivity contribution in [3.8, 4) is 0 Å². The van der Waals surface area contributed by atoms with E-state index < -0.39 is 0 Å². The summed E-state index contributed by atoms with van der Waals surface area (Å²) in [5, 5.41) is -0.171. The average molecular weight is 308 g/mol. The molecule has 2 fully saturated rings. The number of rotatable bonds is 3. The Morgan fingerprint density at radius 1 is 1.29 bits per heavy atom. The summed E-state index contributed by atoms with van der Waals surface area (Å²) in [5.41, 5.74) is 1.71. The van der Waals surface area contributed by atoms with Crippen molar-refractivity contribution in [1.82, 2.24) is 14.5 Å². The standard InChI is InChI=1S/C16H19ClFN3/c1-10(17)16-19-14-8-11(18)2-5-15(14)21(16)13-6-7-20(9-13)12-3-4-12/h2,5,8,10,12-13H,3-4,6-7,9H2,1H3. The molecule has 5 heteroatoms. The fourth-order valence-corrected chi connectivity index (χ4v) is 3.66. The molecule has 4 rings (SSSR count). The summed E-state index contributed by atoms with van der Waals surface area (Å²) in [5.74, 6) is 0.617. The molecule has 1 aromatic carbocycles. The predicted octanol–water partition coefficient (Wildman–Crippen LogP) is 3.88. The van der Waals surface area contributed by atoms with Crippen LogP contribution in [-0.4, -0.2) is 33.6 Å². The van der Waals surface area contributed by atoms with Crippen molar-refractivity contribution in [2.24, 2.45) is 0 Å². The highest BCUT2D eigenvalue weighted by molar-refractivity contribution is 6.20. The van der Waals surface area contributed by atoms with Crippen molar-refractivity contribution in [3.05, 3.63) is 29.8 Å². The van der Waals surface area contributed by atoms with Crippen LogP contribution in [0.5, 0.6) is 0 Å². The highest BCUT2D eigenvalue weighted by atomic mass is 35.5. The quantitative estimate of drug-likeness (QED) is 0.802. The minimum atomic E-state index is -0.244. The Labute approximate surface area is 128 Å². The van der Waals surface area contributed by atoms with Crippen LogP contribution >= 0.6 is 11.6 Å². The zero-order valence-corrected chi connectivity index (χ0v) is 12.9. The minimum Gasteiger partial charge on any atom is -0.322 e. The molecule has 1 saturated heterocycles. The lowest BCUT2D eigenvalue weighted by Crippen LogP contribution is -2.24. The normalized spacial score (nSPS) is 24.8. The number of aromatic nitrogens is 2. The fourth-order valence-electron chi connectivity index (χ4n) is 3.51. The molecule has 0 bridgehead atoms. The van der Waals surface area contributed by atoms with Crippen molar-refractivity contribution in [3.63, 3.8) is 0 Å². The van der Waals surface area contributed by atoms with Gasteiger partial charge in [0.05, 0.1) is 16.4 Å². The van der Waals surface area contributed by atoms with Crippen LogP contribution in [0.1, 0.15) is 43.4 Å². The molecular weight excluding hydrogens is 289 g/mol. The van der Waals surface area contributed by atoms with Gasteiger partial charge in [-0.15, -0.1) is 11.6 Å². The number of benzene rings is 1. The molecule has 112 valence electrons. The van der Waals surface area contributed by atoms with Crippen LogP contribution in [0, 0.1) is 5.82 Å². The molecule has 2 aromatic rings. The number of nitrogens with zero attached hydrogens (tertiary/aromatic N) is 3. The van der Waals surface area contributed by atoms with Gasteiger partial charge in [-0.1, -0.05) is 0 Å². The van der Waals surface area contributed by atoms with Crippen molar-refractivity contribution >= 4 is 22.6 Å². The first-order valence-electron chi connectivity index (χ1n) is 7.69. The van der Waals surface area contributed by atoms with E-state index in [0.29, 0.717) is 11.6 Å². The first kappa shape index (κ1) is 13.5. The van der Waals surface area contributed by atoms with Gasteiger partial charge in [0.1, 0.15) is 11.6 Å². The lowest BCUT2D eigenvalue weighted by atomic mass is 10.2. The summed E-state index contributed by atoms with van der Waals surface area (Å²) in [4.78, 5) is 7.15. The Morgan fingerprint density at radius 3 is 2.81 bits per heavy atom. The molecule has 0 spiro atoms. The van der Waals surface area contributed by atoms with Crippen LogP contribution in [0.15, 0.2) is 18.2 Å². The van der Waals surface area contributed by atoms with E-state index >= 15 is 0 Å². The summed E-state index contributed by atoms with van der Waals surface area (Å²) in [6.07, 6.45) is 3.79. The zero-order valence-electron chi connectivity index (χ0n) is 12.1. The fraction of sp³-hybridized carbons (Fsp3) is 0.562. The van der Waals surface area contributed by atoms with Gasteiger partial charge in [0, 0.05) is 31.2 Å². The summed E-state index contributed by atoms with van der Waals surface area (Å²) < 4.78 is 15.7. The van der Waals surface area contributed by atoms with Gasteiger partial charge < -0.3 is 4.57 Å². The first-order valence-corrected chi connectivity index (χ1v) is 8.12. The van der Waals surface area contributed by atoms with Crippen molar-refractivity contribution < 1.29 is 4.39 Å². The third-order valence-corrected chi connectivity index (χ3v) is 4.85. The third kappa shape index (κ3) is 2.34. The average Bonchev–Trinajstić information content (AvgIpc) is 3.06. The van der Waals surface area contributed by atoms with Gasteiger partial charge in [-0.2, -0.15) is 0 Å². The summed E-state index contributed by atoms with van der Waals surface area (Å²) >= 11 is 6.32.